The predicted molar refractivity (Wildman–Crippen MR) is 70.5 cm³/mol. The first-order valence-electron chi connectivity index (χ1n) is 5.36. The zero-order valence-corrected chi connectivity index (χ0v) is 11.4. The predicted octanol–water partition coefficient (Wildman–Crippen LogP) is 4.70. The van der Waals surface area contributed by atoms with Gasteiger partial charge in [-0.2, -0.15) is 13.2 Å². The summed E-state index contributed by atoms with van der Waals surface area (Å²) in [5.41, 5.74) is -1.25. The number of halogens is 4. The van der Waals surface area contributed by atoms with Gasteiger partial charge in [-0.25, -0.2) is 4.79 Å². The molecule has 106 valence electrons. The van der Waals surface area contributed by atoms with E-state index in [9.17, 15) is 18.0 Å². The van der Waals surface area contributed by atoms with E-state index >= 15 is 0 Å². The number of amides is 2. The molecule has 0 unspecified atom stereocenters. The number of carbonyl (C=O) groups excluding carboxylic acids is 1. The van der Waals surface area contributed by atoms with Crippen molar-refractivity contribution >= 4 is 33.5 Å². The van der Waals surface area contributed by atoms with Crippen molar-refractivity contribution in [2.45, 2.75) is 6.18 Å². The highest BCUT2D eigenvalue weighted by atomic mass is 79.9. The lowest BCUT2D eigenvalue weighted by Gasteiger charge is -2.13. The van der Waals surface area contributed by atoms with E-state index in [1.54, 1.807) is 6.07 Å². The number of hydrogen-bond acceptors (Lipinski definition) is 2. The summed E-state index contributed by atoms with van der Waals surface area (Å²) in [6.07, 6.45) is -4.54. The van der Waals surface area contributed by atoms with E-state index in [1.807, 2.05) is 0 Å². The molecule has 0 atom stereocenters. The van der Waals surface area contributed by atoms with Crippen molar-refractivity contribution in [3.05, 3.63) is 46.6 Å². The molecule has 4 nitrogen and oxygen atoms in total. The summed E-state index contributed by atoms with van der Waals surface area (Å²) in [6.45, 7) is 0. The molecule has 0 fully saturated rings. The van der Waals surface area contributed by atoms with Gasteiger partial charge in [0, 0.05) is 6.07 Å². The second-order valence-corrected chi connectivity index (χ2v) is 4.51. The molecule has 2 amide bonds. The first kappa shape index (κ1) is 14.4. The smallest absolute Gasteiger partial charge is 0.418 e. The molecule has 20 heavy (non-hydrogen) atoms. The van der Waals surface area contributed by atoms with Gasteiger partial charge >= 0.3 is 12.2 Å². The van der Waals surface area contributed by atoms with Crippen LogP contribution in [0.2, 0.25) is 0 Å². The van der Waals surface area contributed by atoms with Crippen molar-refractivity contribution in [1.29, 1.82) is 0 Å². The van der Waals surface area contributed by atoms with Crippen LogP contribution in [0.4, 0.5) is 29.5 Å². The Labute approximate surface area is 120 Å². The second-order valence-electron chi connectivity index (χ2n) is 3.73. The van der Waals surface area contributed by atoms with Crippen LogP contribution in [0.15, 0.2) is 45.5 Å². The van der Waals surface area contributed by atoms with Crippen LogP contribution in [0.25, 0.3) is 0 Å². The summed E-state index contributed by atoms with van der Waals surface area (Å²) in [6, 6.07) is 6.87. The third kappa shape index (κ3) is 3.53. The molecule has 2 N–H and O–H groups in total. The van der Waals surface area contributed by atoms with Crippen LogP contribution < -0.4 is 10.6 Å². The van der Waals surface area contributed by atoms with E-state index in [0.717, 1.165) is 6.07 Å². The SMILES string of the molecule is O=C(Nc1ccc(Br)o1)Nc1ccccc1C(F)(F)F. The molecule has 1 heterocycles. The summed E-state index contributed by atoms with van der Waals surface area (Å²) < 4.78 is 43.6. The number of hydrogen-bond donors (Lipinski definition) is 2. The van der Waals surface area contributed by atoms with Crippen molar-refractivity contribution < 1.29 is 22.4 Å². The number of para-hydroxylation sites is 1. The fourth-order valence-corrected chi connectivity index (χ4v) is 1.79. The minimum atomic E-state index is -4.54. The van der Waals surface area contributed by atoms with Gasteiger partial charge in [0.15, 0.2) is 4.67 Å². The van der Waals surface area contributed by atoms with Gasteiger partial charge in [-0.3, -0.25) is 5.32 Å². The lowest BCUT2D eigenvalue weighted by atomic mass is 10.1. The maximum absolute atomic E-state index is 12.7. The Bertz CT molecular complexity index is 625. The standard InChI is InChI=1S/C12H8BrF3N2O2/c13-9-5-6-10(20-9)18-11(19)17-8-4-2-1-3-7(8)12(14,15)16/h1-6H,(H2,17,18,19). The molecule has 8 heteroatoms. The second kappa shape index (κ2) is 5.58. The van der Waals surface area contributed by atoms with Crippen molar-refractivity contribution in [2.24, 2.45) is 0 Å². The summed E-state index contributed by atoms with van der Waals surface area (Å²) in [7, 11) is 0. The number of carbonyl (C=O) groups is 1. The summed E-state index contributed by atoms with van der Waals surface area (Å²) in [5.74, 6) is 0.110. The molecule has 0 aliphatic carbocycles. The van der Waals surface area contributed by atoms with Gasteiger partial charge in [-0.05, 0) is 34.1 Å². The zero-order valence-electron chi connectivity index (χ0n) is 9.79. The molecule has 2 aromatic rings. The lowest BCUT2D eigenvalue weighted by Crippen LogP contribution is -2.21. The molecule has 2 rings (SSSR count). The molecule has 1 aromatic heterocycles. The van der Waals surface area contributed by atoms with Crippen molar-refractivity contribution in [3.8, 4) is 0 Å². The molecule has 0 radical (unpaired) electrons. The molecule has 0 spiro atoms. The van der Waals surface area contributed by atoms with Gasteiger partial charge in [0.05, 0.1) is 11.3 Å². The van der Waals surface area contributed by atoms with Crippen molar-refractivity contribution in [3.63, 3.8) is 0 Å². The quantitative estimate of drug-likeness (QED) is 0.825. The van der Waals surface area contributed by atoms with Gasteiger partial charge in [0.1, 0.15) is 0 Å². The monoisotopic (exact) mass is 348 g/mol. The average molecular weight is 349 g/mol. The molecular weight excluding hydrogens is 341 g/mol. The summed E-state index contributed by atoms with van der Waals surface area (Å²) in [5, 5.41) is 4.41. The van der Waals surface area contributed by atoms with E-state index in [4.69, 9.17) is 4.42 Å². The van der Waals surface area contributed by atoms with Crippen LogP contribution in [0.1, 0.15) is 5.56 Å². The van der Waals surface area contributed by atoms with Gasteiger partial charge in [-0.1, -0.05) is 12.1 Å². The summed E-state index contributed by atoms with van der Waals surface area (Å²) >= 11 is 3.04. The molecular formula is C12H8BrF3N2O2. The van der Waals surface area contributed by atoms with E-state index in [2.05, 4.69) is 26.6 Å². The number of rotatable bonds is 2. The maximum Gasteiger partial charge on any atom is 0.418 e. The number of anilines is 2. The molecule has 0 aliphatic rings. The van der Waals surface area contributed by atoms with E-state index < -0.39 is 17.8 Å². The highest BCUT2D eigenvalue weighted by Crippen LogP contribution is 2.34. The van der Waals surface area contributed by atoms with E-state index in [1.165, 1.54) is 24.3 Å². The molecule has 1 aromatic carbocycles. The van der Waals surface area contributed by atoms with Crippen LogP contribution in [-0.4, -0.2) is 6.03 Å². The van der Waals surface area contributed by atoms with E-state index in [-0.39, 0.29) is 11.6 Å². The van der Waals surface area contributed by atoms with Gasteiger partial charge in [0.25, 0.3) is 0 Å². The number of benzene rings is 1. The van der Waals surface area contributed by atoms with Crippen molar-refractivity contribution in [2.75, 3.05) is 10.6 Å². The van der Waals surface area contributed by atoms with Crippen LogP contribution >= 0.6 is 15.9 Å². The Kier molecular flexibility index (Phi) is 4.03. The van der Waals surface area contributed by atoms with Crippen LogP contribution in [0.3, 0.4) is 0 Å². The Morgan fingerprint density at radius 2 is 1.80 bits per heavy atom. The fraction of sp³-hybridized carbons (Fsp3) is 0.0833. The minimum Gasteiger partial charge on any atom is -0.434 e. The Balaban J connectivity index is 2.12. The lowest BCUT2D eigenvalue weighted by molar-refractivity contribution is -0.136. The first-order chi connectivity index (χ1) is 9.36. The molecule has 0 aliphatic heterocycles. The topological polar surface area (TPSA) is 54.3 Å². The van der Waals surface area contributed by atoms with Gasteiger partial charge in [-0.15, -0.1) is 0 Å². The number of urea groups is 1. The van der Waals surface area contributed by atoms with Gasteiger partial charge < -0.3 is 9.73 Å². The zero-order chi connectivity index (χ0) is 14.8. The van der Waals surface area contributed by atoms with Crippen LogP contribution in [0.5, 0.6) is 0 Å². The molecule has 0 saturated carbocycles. The number of furan rings is 1. The minimum absolute atomic E-state index is 0.110. The molecule has 0 bridgehead atoms. The fourth-order valence-electron chi connectivity index (χ4n) is 1.49. The average Bonchev–Trinajstić information content (AvgIpc) is 2.73. The largest absolute Gasteiger partial charge is 0.434 e. The normalized spacial score (nSPS) is 11.2. The maximum atomic E-state index is 12.7. The summed E-state index contributed by atoms with van der Waals surface area (Å²) in [4.78, 5) is 11.6. The van der Waals surface area contributed by atoms with Crippen LogP contribution in [-0.2, 0) is 6.18 Å². The Hall–Kier alpha value is -1.96. The number of nitrogens with one attached hydrogen (secondary N) is 2. The molecule has 0 saturated heterocycles. The van der Waals surface area contributed by atoms with Crippen LogP contribution in [0, 0.1) is 0 Å². The Morgan fingerprint density at radius 3 is 2.40 bits per heavy atom. The first-order valence-corrected chi connectivity index (χ1v) is 6.15. The third-order valence-electron chi connectivity index (χ3n) is 2.29. The third-order valence-corrected chi connectivity index (χ3v) is 2.72. The van der Waals surface area contributed by atoms with Crippen molar-refractivity contribution in [1.82, 2.24) is 0 Å². The highest BCUT2D eigenvalue weighted by molar-refractivity contribution is 9.10. The number of alkyl halides is 3. The van der Waals surface area contributed by atoms with E-state index in [0.29, 0.717) is 4.67 Å². The van der Waals surface area contributed by atoms with Gasteiger partial charge in [0.2, 0.25) is 5.88 Å². The highest BCUT2D eigenvalue weighted by Gasteiger charge is 2.33. The Morgan fingerprint density at radius 1 is 1.10 bits per heavy atom.